The molecule has 6 heteroatoms. The predicted octanol–water partition coefficient (Wildman–Crippen LogP) is 2.62. The second-order valence-electron chi connectivity index (χ2n) is 4.42. The van der Waals surface area contributed by atoms with Crippen LogP contribution in [0.4, 0.5) is 4.39 Å². The number of hydrogen-bond donors (Lipinski definition) is 1. The van der Waals surface area contributed by atoms with Crippen LogP contribution in [0.3, 0.4) is 0 Å². The van der Waals surface area contributed by atoms with Gasteiger partial charge in [0.05, 0.1) is 6.61 Å². The molecule has 1 aromatic carbocycles. The number of aliphatic hydroxyl groups is 1. The normalized spacial score (nSPS) is 10.4. The van der Waals surface area contributed by atoms with Gasteiger partial charge in [-0.05, 0) is 30.3 Å². The van der Waals surface area contributed by atoms with Crippen LogP contribution in [0.25, 0.3) is 0 Å². The van der Waals surface area contributed by atoms with Gasteiger partial charge in [0.25, 0.3) is 5.91 Å². The first-order chi connectivity index (χ1) is 10.1. The molecule has 0 aliphatic rings. The molecule has 0 bridgehead atoms. The van der Waals surface area contributed by atoms with Crippen LogP contribution in [0.1, 0.15) is 15.9 Å². The minimum absolute atomic E-state index is 0.0903. The molecular formula is C15H14BrFN2O2. The van der Waals surface area contributed by atoms with Crippen LogP contribution in [-0.2, 0) is 6.54 Å². The van der Waals surface area contributed by atoms with Crippen molar-refractivity contribution in [3.63, 3.8) is 0 Å². The first-order valence-electron chi connectivity index (χ1n) is 6.36. The molecule has 1 aromatic heterocycles. The van der Waals surface area contributed by atoms with Gasteiger partial charge in [0, 0.05) is 41.1 Å². The number of aliphatic hydroxyl groups excluding tert-OH is 1. The van der Waals surface area contributed by atoms with E-state index in [1.54, 1.807) is 24.3 Å². The van der Waals surface area contributed by atoms with Gasteiger partial charge >= 0.3 is 0 Å². The molecule has 0 unspecified atom stereocenters. The fraction of sp³-hybridized carbons (Fsp3) is 0.200. The van der Waals surface area contributed by atoms with Crippen LogP contribution < -0.4 is 0 Å². The smallest absolute Gasteiger partial charge is 0.254 e. The van der Waals surface area contributed by atoms with Crippen molar-refractivity contribution in [3.8, 4) is 0 Å². The van der Waals surface area contributed by atoms with E-state index in [1.165, 1.54) is 23.4 Å². The summed E-state index contributed by atoms with van der Waals surface area (Å²) in [5, 5.41) is 9.13. The minimum Gasteiger partial charge on any atom is -0.395 e. The Kier molecular flexibility index (Phi) is 5.41. The van der Waals surface area contributed by atoms with Gasteiger partial charge in [-0.15, -0.1) is 0 Å². The number of rotatable bonds is 5. The maximum atomic E-state index is 13.8. The van der Waals surface area contributed by atoms with Crippen LogP contribution in [0.2, 0.25) is 0 Å². The summed E-state index contributed by atoms with van der Waals surface area (Å²) in [6.45, 7) is 0.0343. The highest BCUT2D eigenvalue weighted by atomic mass is 79.9. The van der Waals surface area contributed by atoms with Crippen LogP contribution in [0.15, 0.2) is 47.2 Å². The number of benzene rings is 1. The Hall–Kier alpha value is -1.79. The highest BCUT2D eigenvalue weighted by Crippen LogP contribution is 2.18. The number of halogens is 2. The average Bonchev–Trinajstić information content (AvgIpc) is 2.50. The molecular weight excluding hydrogens is 339 g/mol. The molecule has 2 rings (SSSR count). The molecule has 2 aromatic rings. The molecule has 21 heavy (non-hydrogen) atoms. The zero-order valence-corrected chi connectivity index (χ0v) is 12.8. The van der Waals surface area contributed by atoms with Crippen LogP contribution in [0, 0.1) is 5.82 Å². The molecule has 110 valence electrons. The molecule has 1 heterocycles. The monoisotopic (exact) mass is 352 g/mol. The molecule has 0 radical (unpaired) electrons. The Morgan fingerprint density at radius 1 is 1.29 bits per heavy atom. The third-order valence-corrected chi connectivity index (χ3v) is 3.45. The quantitative estimate of drug-likeness (QED) is 0.899. The molecule has 1 N–H and O–H groups in total. The van der Waals surface area contributed by atoms with E-state index in [4.69, 9.17) is 5.11 Å². The standard InChI is InChI=1S/C15H14BrFN2O2/c16-13-1-2-14(17)12(9-13)10-19(7-8-20)15(21)11-3-5-18-6-4-11/h1-6,9,20H,7-8,10H2. The fourth-order valence-electron chi connectivity index (χ4n) is 1.92. The predicted molar refractivity (Wildman–Crippen MR) is 80.2 cm³/mol. The van der Waals surface area contributed by atoms with Crippen molar-refractivity contribution in [2.24, 2.45) is 0 Å². The van der Waals surface area contributed by atoms with Crippen molar-refractivity contribution in [2.75, 3.05) is 13.2 Å². The van der Waals surface area contributed by atoms with E-state index in [-0.39, 0.29) is 31.4 Å². The van der Waals surface area contributed by atoms with Crippen molar-refractivity contribution in [1.82, 2.24) is 9.88 Å². The molecule has 0 atom stereocenters. The summed E-state index contributed by atoms with van der Waals surface area (Å²) in [5.41, 5.74) is 0.842. The molecule has 0 aliphatic carbocycles. The van der Waals surface area contributed by atoms with Crippen molar-refractivity contribution in [1.29, 1.82) is 0 Å². The van der Waals surface area contributed by atoms with Gasteiger partial charge in [0.15, 0.2) is 0 Å². The van der Waals surface area contributed by atoms with Crippen LogP contribution in [-0.4, -0.2) is 34.0 Å². The lowest BCUT2D eigenvalue weighted by Gasteiger charge is -2.22. The molecule has 0 saturated heterocycles. The number of hydrogen-bond acceptors (Lipinski definition) is 3. The maximum absolute atomic E-state index is 13.8. The van der Waals surface area contributed by atoms with E-state index in [2.05, 4.69) is 20.9 Å². The summed E-state index contributed by atoms with van der Waals surface area (Å²) in [5.74, 6) is -0.658. The molecule has 0 aliphatic heterocycles. The fourth-order valence-corrected chi connectivity index (χ4v) is 2.33. The highest BCUT2D eigenvalue weighted by Gasteiger charge is 2.17. The Labute approximate surface area is 130 Å². The Morgan fingerprint density at radius 3 is 2.67 bits per heavy atom. The summed E-state index contributed by atoms with van der Waals surface area (Å²) in [6.07, 6.45) is 3.04. The van der Waals surface area contributed by atoms with Crippen LogP contribution >= 0.6 is 15.9 Å². The summed E-state index contributed by atoms with van der Waals surface area (Å²) in [4.78, 5) is 17.6. The van der Waals surface area contributed by atoms with Gasteiger partial charge < -0.3 is 10.0 Å². The molecule has 0 spiro atoms. The zero-order chi connectivity index (χ0) is 15.2. The Morgan fingerprint density at radius 2 is 2.00 bits per heavy atom. The lowest BCUT2D eigenvalue weighted by Crippen LogP contribution is -2.33. The van der Waals surface area contributed by atoms with Gasteiger partial charge in [0.1, 0.15) is 5.82 Å². The summed E-state index contributed by atoms with van der Waals surface area (Å²) < 4.78 is 14.5. The van der Waals surface area contributed by atoms with E-state index < -0.39 is 0 Å². The van der Waals surface area contributed by atoms with E-state index in [1.807, 2.05) is 0 Å². The van der Waals surface area contributed by atoms with E-state index in [0.717, 1.165) is 4.47 Å². The van der Waals surface area contributed by atoms with Crippen molar-refractivity contribution >= 4 is 21.8 Å². The van der Waals surface area contributed by atoms with Crippen molar-refractivity contribution in [3.05, 3.63) is 64.1 Å². The number of aromatic nitrogens is 1. The number of carbonyl (C=O) groups is 1. The minimum atomic E-state index is -0.385. The molecule has 1 amide bonds. The summed E-state index contributed by atoms with van der Waals surface area (Å²) >= 11 is 3.28. The maximum Gasteiger partial charge on any atom is 0.254 e. The lowest BCUT2D eigenvalue weighted by molar-refractivity contribution is 0.0706. The third-order valence-electron chi connectivity index (χ3n) is 2.95. The average molecular weight is 353 g/mol. The number of carbonyl (C=O) groups excluding carboxylic acids is 1. The van der Waals surface area contributed by atoms with E-state index in [9.17, 15) is 9.18 Å². The number of amides is 1. The zero-order valence-electron chi connectivity index (χ0n) is 11.2. The lowest BCUT2D eigenvalue weighted by atomic mass is 10.1. The molecule has 0 saturated carbocycles. The van der Waals surface area contributed by atoms with Gasteiger partial charge in [-0.1, -0.05) is 15.9 Å². The third kappa shape index (κ3) is 4.09. The Balaban J connectivity index is 2.23. The first kappa shape index (κ1) is 15.6. The van der Waals surface area contributed by atoms with Gasteiger partial charge in [-0.2, -0.15) is 0 Å². The Bertz CT molecular complexity index is 622. The SMILES string of the molecule is O=C(c1ccncc1)N(CCO)Cc1cc(Br)ccc1F. The summed E-state index contributed by atoms with van der Waals surface area (Å²) in [6, 6.07) is 7.74. The topological polar surface area (TPSA) is 53.4 Å². The first-order valence-corrected chi connectivity index (χ1v) is 7.15. The van der Waals surface area contributed by atoms with Crippen LogP contribution in [0.5, 0.6) is 0 Å². The summed E-state index contributed by atoms with van der Waals surface area (Å²) in [7, 11) is 0. The molecule has 4 nitrogen and oxygen atoms in total. The largest absolute Gasteiger partial charge is 0.395 e. The highest BCUT2D eigenvalue weighted by molar-refractivity contribution is 9.10. The second-order valence-corrected chi connectivity index (χ2v) is 5.34. The van der Waals surface area contributed by atoms with Crippen molar-refractivity contribution in [2.45, 2.75) is 6.54 Å². The molecule has 0 fully saturated rings. The number of nitrogens with zero attached hydrogens (tertiary/aromatic N) is 2. The van der Waals surface area contributed by atoms with Gasteiger partial charge in [0.2, 0.25) is 0 Å². The van der Waals surface area contributed by atoms with E-state index >= 15 is 0 Å². The van der Waals surface area contributed by atoms with E-state index in [0.29, 0.717) is 11.1 Å². The van der Waals surface area contributed by atoms with Gasteiger partial charge in [-0.3, -0.25) is 9.78 Å². The second kappa shape index (κ2) is 7.28. The number of pyridine rings is 1. The van der Waals surface area contributed by atoms with Gasteiger partial charge in [-0.25, -0.2) is 4.39 Å². The van der Waals surface area contributed by atoms with Crippen molar-refractivity contribution < 1.29 is 14.3 Å².